The highest BCUT2D eigenvalue weighted by atomic mass is 16.4. The van der Waals surface area contributed by atoms with Gasteiger partial charge in [-0.2, -0.15) is 0 Å². The fourth-order valence-corrected chi connectivity index (χ4v) is 4.16. The molecule has 172 valence electrons. The van der Waals surface area contributed by atoms with E-state index in [1.54, 1.807) is 36.9 Å². The number of aromatic nitrogens is 1. The molecular weight excluding hydrogens is 420 g/mol. The minimum atomic E-state index is -1.12. The first-order valence-corrected chi connectivity index (χ1v) is 10.9. The molecule has 0 radical (unpaired) electrons. The summed E-state index contributed by atoms with van der Waals surface area (Å²) in [7, 11) is 0. The highest BCUT2D eigenvalue weighted by Crippen LogP contribution is 2.23. The first-order chi connectivity index (χ1) is 15.6. The maximum Gasteiger partial charge on any atom is 0.335 e. The predicted octanol–water partition coefficient (Wildman–Crippen LogP) is 2.22. The van der Waals surface area contributed by atoms with Crippen LogP contribution in [0.1, 0.15) is 40.9 Å². The van der Waals surface area contributed by atoms with E-state index in [0.29, 0.717) is 25.9 Å². The molecule has 5 N–H and O–H groups in total. The summed E-state index contributed by atoms with van der Waals surface area (Å²) < 4.78 is 0. The van der Waals surface area contributed by atoms with Crippen molar-refractivity contribution in [1.82, 2.24) is 15.2 Å². The third-order valence-electron chi connectivity index (χ3n) is 6.06. The molecule has 1 atom stereocenters. The number of amides is 2. The molecule has 1 aliphatic heterocycles. The van der Waals surface area contributed by atoms with E-state index in [9.17, 15) is 19.5 Å². The monoisotopic (exact) mass is 448 g/mol. The number of para-hydroxylation sites is 1. The zero-order chi connectivity index (χ0) is 23.8. The number of carboxylic acids is 1. The van der Waals surface area contributed by atoms with Crippen LogP contribution in [0.4, 0.5) is 0 Å². The van der Waals surface area contributed by atoms with E-state index in [1.807, 2.05) is 30.5 Å². The van der Waals surface area contributed by atoms with Crippen molar-refractivity contribution in [2.24, 2.45) is 5.73 Å². The van der Waals surface area contributed by atoms with Gasteiger partial charge in [0.05, 0.1) is 11.1 Å². The fourth-order valence-electron chi connectivity index (χ4n) is 4.16. The number of carboxylic acid groups (broad SMARTS) is 1. The molecular formula is C25H28N4O4. The second-order valence-corrected chi connectivity index (χ2v) is 9.11. The lowest BCUT2D eigenvalue weighted by atomic mass is 9.95. The van der Waals surface area contributed by atoms with Gasteiger partial charge in [0, 0.05) is 36.6 Å². The van der Waals surface area contributed by atoms with Gasteiger partial charge < -0.3 is 26.0 Å². The van der Waals surface area contributed by atoms with E-state index in [-0.39, 0.29) is 11.5 Å². The molecule has 3 aromatic rings. The number of carbonyl (C=O) groups excluding carboxylic acids is 2. The topological polar surface area (TPSA) is 129 Å². The first kappa shape index (κ1) is 22.5. The van der Waals surface area contributed by atoms with Gasteiger partial charge in [-0.1, -0.05) is 24.3 Å². The van der Waals surface area contributed by atoms with E-state index in [0.717, 1.165) is 27.6 Å². The van der Waals surface area contributed by atoms with Crippen molar-refractivity contribution >= 4 is 28.7 Å². The van der Waals surface area contributed by atoms with Gasteiger partial charge in [0.1, 0.15) is 6.04 Å². The molecule has 0 bridgehead atoms. The van der Waals surface area contributed by atoms with Gasteiger partial charge >= 0.3 is 5.97 Å². The normalized spacial score (nSPS) is 14.6. The van der Waals surface area contributed by atoms with Gasteiger partial charge in [0.2, 0.25) is 11.8 Å². The summed E-state index contributed by atoms with van der Waals surface area (Å²) in [5.74, 6) is -1.56. The highest BCUT2D eigenvalue weighted by molar-refractivity contribution is 5.93. The number of nitrogens with two attached hydrogens (primary N) is 1. The Kier molecular flexibility index (Phi) is 5.95. The average molecular weight is 449 g/mol. The Balaban J connectivity index is 1.59. The SMILES string of the molecule is CC(C)(N)C(=O)N[C@H](Cc1c[nH]c2ccccc12)C(=O)N1CCc2cc(C(=O)O)ccc2C1. The first-order valence-electron chi connectivity index (χ1n) is 10.9. The minimum Gasteiger partial charge on any atom is -0.478 e. The number of aromatic amines is 1. The van der Waals surface area contributed by atoms with Gasteiger partial charge in [-0.05, 0) is 55.2 Å². The predicted molar refractivity (Wildman–Crippen MR) is 125 cm³/mol. The van der Waals surface area contributed by atoms with Crippen LogP contribution in [0, 0.1) is 0 Å². The quantitative estimate of drug-likeness (QED) is 0.460. The van der Waals surface area contributed by atoms with Crippen LogP contribution in [0.25, 0.3) is 10.9 Å². The number of hydrogen-bond acceptors (Lipinski definition) is 4. The van der Waals surface area contributed by atoms with Crippen molar-refractivity contribution < 1.29 is 19.5 Å². The molecule has 0 saturated carbocycles. The summed E-state index contributed by atoms with van der Waals surface area (Å²) in [6.07, 6.45) is 2.74. The lowest BCUT2D eigenvalue weighted by molar-refractivity contribution is -0.138. The molecule has 0 spiro atoms. The number of fused-ring (bicyclic) bond motifs is 2. The van der Waals surface area contributed by atoms with Crippen LogP contribution in [0.5, 0.6) is 0 Å². The zero-order valence-electron chi connectivity index (χ0n) is 18.7. The Morgan fingerprint density at radius 1 is 1.18 bits per heavy atom. The molecule has 8 heteroatoms. The summed E-state index contributed by atoms with van der Waals surface area (Å²) in [6, 6.07) is 12.0. The van der Waals surface area contributed by atoms with Crippen LogP contribution >= 0.6 is 0 Å². The number of benzene rings is 2. The van der Waals surface area contributed by atoms with Crippen LogP contribution in [-0.4, -0.2) is 50.9 Å². The maximum atomic E-state index is 13.6. The van der Waals surface area contributed by atoms with E-state index >= 15 is 0 Å². The lowest BCUT2D eigenvalue weighted by Gasteiger charge is -2.33. The number of aromatic carboxylic acids is 1. The Labute approximate surface area is 191 Å². The molecule has 0 fully saturated rings. The van der Waals surface area contributed by atoms with Crippen LogP contribution < -0.4 is 11.1 Å². The molecule has 0 saturated heterocycles. The van der Waals surface area contributed by atoms with Crippen molar-refractivity contribution in [2.75, 3.05) is 6.54 Å². The van der Waals surface area contributed by atoms with E-state index in [4.69, 9.17) is 5.73 Å². The molecule has 33 heavy (non-hydrogen) atoms. The molecule has 1 aromatic heterocycles. The Morgan fingerprint density at radius 2 is 1.94 bits per heavy atom. The van der Waals surface area contributed by atoms with E-state index in [2.05, 4.69) is 10.3 Å². The van der Waals surface area contributed by atoms with Crippen LogP contribution in [0.15, 0.2) is 48.7 Å². The largest absolute Gasteiger partial charge is 0.478 e. The average Bonchev–Trinajstić information content (AvgIpc) is 3.19. The molecule has 0 aliphatic carbocycles. The van der Waals surface area contributed by atoms with Crippen LogP contribution in [0.3, 0.4) is 0 Å². The number of carbonyl (C=O) groups is 3. The molecule has 4 rings (SSSR count). The summed E-state index contributed by atoms with van der Waals surface area (Å²) >= 11 is 0. The Hall–Kier alpha value is -3.65. The third-order valence-corrected chi connectivity index (χ3v) is 6.06. The second kappa shape index (κ2) is 8.71. The Bertz CT molecular complexity index is 1220. The third kappa shape index (κ3) is 4.75. The minimum absolute atomic E-state index is 0.189. The maximum absolute atomic E-state index is 13.6. The highest BCUT2D eigenvalue weighted by Gasteiger charge is 2.32. The van der Waals surface area contributed by atoms with Gasteiger partial charge in [0.25, 0.3) is 0 Å². The molecule has 2 heterocycles. The van der Waals surface area contributed by atoms with Crippen molar-refractivity contribution in [2.45, 2.75) is 44.8 Å². The smallest absolute Gasteiger partial charge is 0.335 e. The molecule has 1 aliphatic rings. The van der Waals surface area contributed by atoms with Crippen molar-refractivity contribution in [1.29, 1.82) is 0 Å². The van der Waals surface area contributed by atoms with Gasteiger partial charge in [-0.3, -0.25) is 9.59 Å². The van der Waals surface area contributed by atoms with Crippen molar-refractivity contribution in [3.05, 3.63) is 70.9 Å². The number of hydrogen-bond donors (Lipinski definition) is 4. The fraction of sp³-hybridized carbons (Fsp3) is 0.320. The molecule has 2 amide bonds. The van der Waals surface area contributed by atoms with Gasteiger partial charge in [0.15, 0.2) is 0 Å². The van der Waals surface area contributed by atoms with E-state index in [1.165, 1.54) is 0 Å². The van der Waals surface area contributed by atoms with Gasteiger partial charge in [-0.15, -0.1) is 0 Å². The summed E-state index contributed by atoms with van der Waals surface area (Å²) in [5.41, 5.74) is 8.83. The standard InChI is InChI=1S/C25H28N4O4/c1-25(2,26)24(33)28-21(12-18-13-27-20-6-4-3-5-19(18)20)22(30)29-10-9-15-11-16(23(31)32)7-8-17(15)14-29/h3-8,11,13,21,27H,9-10,12,14,26H2,1-2H3,(H,28,33)(H,31,32)/t21-/m1/s1. The van der Waals surface area contributed by atoms with Crippen molar-refractivity contribution in [3.63, 3.8) is 0 Å². The summed E-state index contributed by atoms with van der Waals surface area (Å²) in [6.45, 7) is 4.01. The lowest BCUT2D eigenvalue weighted by Crippen LogP contribution is -2.57. The number of H-pyrrole nitrogens is 1. The molecule has 8 nitrogen and oxygen atoms in total. The number of rotatable bonds is 6. The molecule has 2 aromatic carbocycles. The van der Waals surface area contributed by atoms with Crippen molar-refractivity contribution in [3.8, 4) is 0 Å². The Morgan fingerprint density at radius 3 is 2.67 bits per heavy atom. The molecule has 0 unspecified atom stereocenters. The van der Waals surface area contributed by atoms with Crippen LogP contribution in [-0.2, 0) is 29.0 Å². The van der Waals surface area contributed by atoms with Crippen LogP contribution in [0.2, 0.25) is 0 Å². The number of nitrogens with zero attached hydrogens (tertiary/aromatic N) is 1. The van der Waals surface area contributed by atoms with E-state index < -0.39 is 23.5 Å². The number of nitrogens with one attached hydrogen (secondary N) is 2. The van der Waals surface area contributed by atoms with Gasteiger partial charge in [-0.25, -0.2) is 4.79 Å². The summed E-state index contributed by atoms with van der Waals surface area (Å²) in [4.78, 5) is 42.4. The summed E-state index contributed by atoms with van der Waals surface area (Å²) in [5, 5.41) is 13.1. The zero-order valence-corrected chi connectivity index (χ0v) is 18.7. The second-order valence-electron chi connectivity index (χ2n) is 9.11.